The number of ether oxygens (including phenoxy) is 1. The number of aliphatic carboxylic acids is 1. The second-order valence-corrected chi connectivity index (χ2v) is 2.42. The number of carbonyl (C=O) groups is 2. The lowest BCUT2D eigenvalue weighted by atomic mass is 10.3. The summed E-state index contributed by atoms with van der Waals surface area (Å²) < 4.78 is 4.60. The van der Waals surface area contributed by atoms with Crippen molar-refractivity contribution in [2.75, 3.05) is 11.9 Å². The first kappa shape index (κ1) is 11.2. The number of hydrogen-bond donors (Lipinski definition) is 1. The van der Waals surface area contributed by atoms with E-state index >= 15 is 0 Å². The summed E-state index contributed by atoms with van der Waals surface area (Å²) >= 11 is 2.98. The minimum Gasteiger partial charge on any atom is -0.478 e. The number of rotatable bonds is 4. The minimum atomic E-state index is -1.16. The van der Waals surface area contributed by atoms with E-state index in [1.807, 2.05) is 0 Å². The van der Waals surface area contributed by atoms with Crippen LogP contribution >= 0.6 is 15.9 Å². The first-order valence-electron chi connectivity index (χ1n) is 3.28. The third-order valence-corrected chi connectivity index (χ3v) is 1.58. The molecular weight excluding hydrogens is 228 g/mol. The van der Waals surface area contributed by atoms with Crippen LogP contribution in [0.15, 0.2) is 11.6 Å². The fourth-order valence-corrected chi connectivity index (χ4v) is 0.916. The van der Waals surface area contributed by atoms with Crippen LogP contribution in [0.1, 0.15) is 6.92 Å². The minimum absolute atomic E-state index is 0.101. The Labute approximate surface area is 78.3 Å². The Bertz CT molecular complexity index is 209. The summed E-state index contributed by atoms with van der Waals surface area (Å²) in [7, 11) is 0. The molecule has 0 heterocycles. The van der Waals surface area contributed by atoms with Crippen molar-refractivity contribution in [3.63, 3.8) is 0 Å². The van der Waals surface area contributed by atoms with Crippen molar-refractivity contribution >= 4 is 27.9 Å². The number of carboxylic acids is 1. The van der Waals surface area contributed by atoms with E-state index < -0.39 is 11.9 Å². The van der Waals surface area contributed by atoms with E-state index in [-0.39, 0.29) is 17.5 Å². The number of esters is 1. The average Bonchev–Trinajstić information content (AvgIpc) is 2.00. The van der Waals surface area contributed by atoms with Gasteiger partial charge in [0.25, 0.3) is 0 Å². The number of carbonyl (C=O) groups excluding carboxylic acids is 1. The molecule has 0 unspecified atom stereocenters. The van der Waals surface area contributed by atoms with Gasteiger partial charge in [0.2, 0.25) is 0 Å². The summed E-state index contributed by atoms with van der Waals surface area (Å²) in [6, 6.07) is 0. The lowest BCUT2D eigenvalue weighted by Gasteiger charge is -2.01. The standard InChI is InChI=1S/C7H9BrO4/c1-2-12-7(11)5(4-8)3-6(9)10/h3H,2,4H2,1H3,(H,9,10). The smallest absolute Gasteiger partial charge is 0.335 e. The molecule has 1 N–H and O–H groups in total. The monoisotopic (exact) mass is 236 g/mol. The topological polar surface area (TPSA) is 63.6 Å². The van der Waals surface area contributed by atoms with E-state index in [2.05, 4.69) is 20.7 Å². The summed E-state index contributed by atoms with van der Waals surface area (Å²) in [4.78, 5) is 21.1. The van der Waals surface area contributed by atoms with Crippen LogP contribution in [0.4, 0.5) is 0 Å². The molecule has 0 saturated heterocycles. The van der Waals surface area contributed by atoms with Crippen molar-refractivity contribution in [2.24, 2.45) is 0 Å². The van der Waals surface area contributed by atoms with Crippen molar-refractivity contribution < 1.29 is 19.4 Å². The van der Waals surface area contributed by atoms with Gasteiger partial charge in [-0.2, -0.15) is 0 Å². The molecule has 68 valence electrons. The van der Waals surface area contributed by atoms with Gasteiger partial charge < -0.3 is 9.84 Å². The van der Waals surface area contributed by atoms with Gasteiger partial charge in [-0.05, 0) is 6.92 Å². The zero-order valence-corrected chi connectivity index (χ0v) is 8.13. The molecule has 0 atom stereocenters. The normalized spacial score (nSPS) is 11.0. The second-order valence-electron chi connectivity index (χ2n) is 1.86. The van der Waals surface area contributed by atoms with Crippen LogP contribution in [0.5, 0.6) is 0 Å². The maximum absolute atomic E-state index is 10.9. The Morgan fingerprint density at radius 2 is 2.17 bits per heavy atom. The lowest BCUT2D eigenvalue weighted by molar-refractivity contribution is -0.139. The maximum atomic E-state index is 10.9. The number of halogens is 1. The highest BCUT2D eigenvalue weighted by Gasteiger charge is 2.09. The number of hydrogen-bond acceptors (Lipinski definition) is 3. The van der Waals surface area contributed by atoms with Crippen LogP contribution < -0.4 is 0 Å². The third kappa shape index (κ3) is 4.12. The second kappa shape index (κ2) is 5.77. The molecule has 0 rings (SSSR count). The Balaban J connectivity index is 4.34. The summed E-state index contributed by atoms with van der Waals surface area (Å²) in [5, 5.41) is 8.51. The van der Waals surface area contributed by atoms with Gasteiger partial charge in [-0.3, -0.25) is 0 Å². The number of carboxylic acid groups (broad SMARTS) is 1. The first-order chi connectivity index (χ1) is 5.61. The van der Waals surface area contributed by atoms with Gasteiger partial charge in [0.1, 0.15) is 0 Å². The third-order valence-electron chi connectivity index (χ3n) is 0.979. The highest BCUT2D eigenvalue weighted by Crippen LogP contribution is 2.02. The van der Waals surface area contributed by atoms with Crippen molar-refractivity contribution in [3.05, 3.63) is 11.6 Å². The SMILES string of the molecule is CCOC(=O)C(=CC(=O)O)CBr. The summed E-state index contributed by atoms with van der Waals surface area (Å²) in [5.74, 6) is -1.76. The average molecular weight is 237 g/mol. The van der Waals surface area contributed by atoms with Gasteiger partial charge in [0.15, 0.2) is 0 Å². The summed E-state index contributed by atoms with van der Waals surface area (Å²) in [5.41, 5.74) is 0.101. The highest BCUT2D eigenvalue weighted by molar-refractivity contribution is 9.09. The maximum Gasteiger partial charge on any atom is 0.335 e. The Kier molecular flexibility index (Phi) is 5.36. The fourth-order valence-electron chi connectivity index (χ4n) is 0.525. The fraction of sp³-hybridized carbons (Fsp3) is 0.429. The summed E-state index contributed by atoms with van der Waals surface area (Å²) in [6.07, 6.45) is 0.826. The molecular formula is C7H9BrO4. The molecule has 0 bridgehead atoms. The van der Waals surface area contributed by atoms with Crippen molar-refractivity contribution in [1.29, 1.82) is 0 Å². The molecule has 0 saturated carbocycles. The molecule has 0 aliphatic carbocycles. The molecule has 12 heavy (non-hydrogen) atoms. The van der Waals surface area contributed by atoms with Gasteiger partial charge in [0, 0.05) is 11.4 Å². The van der Waals surface area contributed by atoms with Crippen molar-refractivity contribution in [1.82, 2.24) is 0 Å². The van der Waals surface area contributed by atoms with Crippen LogP contribution in [-0.2, 0) is 14.3 Å². The first-order valence-corrected chi connectivity index (χ1v) is 4.40. The highest BCUT2D eigenvalue weighted by atomic mass is 79.9. The molecule has 0 fully saturated rings. The summed E-state index contributed by atoms with van der Waals surface area (Å²) in [6.45, 7) is 1.90. The molecule has 0 aromatic carbocycles. The van der Waals surface area contributed by atoms with Gasteiger partial charge in [-0.15, -0.1) is 0 Å². The van der Waals surface area contributed by atoms with Crippen LogP contribution in [-0.4, -0.2) is 29.0 Å². The van der Waals surface area contributed by atoms with Gasteiger partial charge in [-0.1, -0.05) is 15.9 Å². The van der Waals surface area contributed by atoms with E-state index in [0.717, 1.165) is 6.08 Å². The van der Waals surface area contributed by atoms with Gasteiger partial charge in [0.05, 0.1) is 12.2 Å². The van der Waals surface area contributed by atoms with E-state index in [1.165, 1.54) is 0 Å². The molecule has 0 aromatic heterocycles. The molecule has 0 aromatic rings. The van der Waals surface area contributed by atoms with Crippen LogP contribution in [0.2, 0.25) is 0 Å². The van der Waals surface area contributed by atoms with Crippen molar-refractivity contribution in [2.45, 2.75) is 6.92 Å². The Morgan fingerprint density at radius 3 is 2.50 bits per heavy atom. The quantitative estimate of drug-likeness (QED) is 0.449. The molecule has 0 spiro atoms. The molecule has 0 aliphatic heterocycles. The van der Waals surface area contributed by atoms with Gasteiger partial charge in [-0.25, -0.2) is 9.59 Å². The zero-order chi connectivity index (χ0) is 9.56. The van der Waals surface area contributed by atoms with E-state index in [1.54, 1.807) is 6.92 Å². The predicted molar refractivity (Wildman–Crippen MR) is 46.1 cm³/mol. The lowest BCUT2D eigenvalue weighted by Crippen LogP contribution is -2.10. The molecule has 4 nitrogen and oxygen atoms in total. The van der Waals surface area contributed by atoms with Crippen LogP contribution in [0, 0.1) is 0 Å². The van der Waals surface area contributed by atoms with Gasteiger partial charge >= 0.3 is 11.9 Å². The molecule has 5 heteroatoms. The van der Waals surface area contributed by atoms with Crippen LogP contribution in [0.25, 0.3) is 0 Å². The van der Waals surface area contributed by atoms with Crippen molar-refractivity contribution in [3.8, 4) is 0 Å². The number of alkyl halides is 1. The molecule has 0 amide bonds. The van der Waals surface area contributed by atoms with Crippen LogP contribution in [0.3, 0.4) is 0 Å². The van der Waals surface area contributed by atoms with E-state index in [4.69, 9.17) is 5.11 Å². The zero-order valence-electron chi connectivity index (χ0n) is 6.54. The molecule has 0 aliphatic rings. The largest absolute Gasteiger partial charge is 0.478 e. The molecule has 0 radical (unpaired) electrons. The van der Waals surface area contributed by atoms with E-state index in [0.29, 0.717) is 0 Å². The predicted octanol–water partition coefficient (Wildman–Crippen LogP) is 0.955. The Hall–Kier alpha value is -0.840. The van der Waals surface area contributed by atoms with E-state index in [9.17, 15) is 9.59 Å². The Morgan fingerprint density at radius 1 is 1.58 bits per heavy atom.